The molecule has 0 amide bonds. The van der Waals surface area contributed by atoms with Crippen molar-refractivity contribution < 1.29 is 9.90 Å². The lowest BCUT2D eigenvalue weighted by Crippen LogP contribution is -2.33. The van der Waals surface area contributed by atoms with Crippen molar-refractivity contribution in [3.05, 3.63) is 34.3 Å². The molecule has 86 valence electrons. The molecule has 0 fully saturated rings. The number of hydrogen-bond donors (Lipinski definition) is 2. The fraction of sp³-hybridized carbons (Fsp3) is 0.417. The molecule has 1 aliphatic rings. The standard InChI is InChI=1S/C12H14ClNO2/c13-10-2-1-8-4-12(7-14,6-11(15)16)5-9(8)3-10/h1-3H,4-7,14H2,(H,15,16). The molecule has 1 unspecified atom stereocenters. The van der Waals surface area contributed by atoms with Crippen LogP contribution in [0.1, 0.15) is 17.5 Å². The summed E-state index contributed by atoms with van der Waals surface area (Å²) in [4.78, 5) is 10.9. The van der Waals surface area contributed by atoms with Gasteiger partial charge in [-0.15, -0.1) is 0 Å². The zero-order valence-electron chi connectivity index (χ0n) is 8.87. The van der Waals surface area contributed by atoms with Crippen LogP contribution in [0, 0.1) is 5.41 Å². The third-order valence-corrected chi connectivity index (χ3v) is 3.49. The first kappa shape index (κ1) is 11.4. The molecule has 3 N–H and O–H groups in total. The molecular formula is C12H14ClNO2. The average molecular weight is 240 g/mol. The molecule has 1 atom stereocenters. The topological polar surface area (TPSA) is 63.3 Å². The number of rotatable bonds is 3. The maximum absolute atomic E-state index is 10.9. The van der Waals surface area contributed by atoms with Crippen LogP contribution in [-0.4, -0.2) is 17.6 Å². The summed E-state index contributed by atoms with van der Waals surface area (Å²) >= 11 is 5.92. The number of nitrogens with two attached hydrogens (primary N) is 1. The first-order chi connectivity index (χ1) is 7.54. The van der Waals surface area contributed by atoms with E-state index in [4.69, 9.17) is 22.4 Å². The van der Waals surface area contributed by atoms with E-state index in [0.717, 1.165) is 12.0 Å². The predicted octanol–water partition coefficient (Wildman–Crippen LogP) is 1.86. The van der Waals surface area contributed by atoms with E-state index < -0.39 is 5.97 Å². The smallest absolute Gasteiger partial charge is 0.303 e. The predicted molar refractivity (Wildman–Crippen MR) is 62.6 cm³/mol. The van der Waals surface area contributed by atoms with Crippen molar-refractivity contribution in [2.75, 3.05) is 6.54 Å². The number of fused-ring (bicyclic) bond motifs is 1. The highest BCUT2D eigenvalue weighted by atomic mass is 35.5. The maximum Gasteiger partial charge on any atom is 0.303 e. The minimum absolute atomic E-state index is 0.121. The van der Waals surface area contributed by atoms with Gasteiger partial charge in [-0.1, -0.05) is 17.7 Å². The highest BCUT2D eigenvalue weighted by molar-refractivity contribution is 6.30. The SMILES string of the molecule is NCC1(CC(=O)O)Cc2ccc(Cl)cc2C1. The molecule has 0 heterocycles. The summed E-state index contributed by atoms with van der Waals surface area (Å²) in [6.45, 7) is 0.394. The maximum atomic E-state index is 10.9. The Kier molecular flexibility index (Phi) is 2.91. The molecule has 1 aliphatic carbocycles. The van der Waals surface area contributed by atoms with Crippen LogP contribution in [0.3, 0.4) is 0 Å². The van der Waals surface area contributed by atoms with Crippen LogP contribution in [0.4, 0.5) is 0 Å². The van der Waals surface area contributed by atoms with E-state index in [0.29, 0.717) is 18.0 Å². The molecule has 2 rings (SSSR count). The lowest BCUT2D eigenvalue weighted by molar-refractivity contribution is -0.139. The number of aliphatic carboxylic acids is 1. The largest absolute Gasteiger partial charge is 0.481 e. The molecule has 0 aliphatic heterocycles. The van der Waals surface area contributed by atoms with Gasteiger partial charge in [0.1, 0.15) is 0 Å². The molecule has 0 spiro atoms. The Hall–Kier alpha value is -1.06. The van der Waals surface area contributed by atoms with E-state index in [9.17, 15) is 4.79 Å². The lowest BCUT2D eigenvalue weighted by atomic mass is 9.81. The van der Waals surface area contributed by atoms with Crippen molar-refractivity contribution >= 4 is 17.6 Å². The second-order valence-electron chi connectivity index (χ2n) is 4.54. The van der Waals surface area contributed by atoms with Crippen molar-refractivity contribution in [1.82, 2.24) is 0 Å². The third-order valence-electron chi connectivity index (χ3n) is 3.26. The zero-order chi connectivity index (χ0) is 11.8. The first-order valence-electron chi connectivity index (χ1n) is 5.24. The second-order valence-corrected chi connectivity index (χ2v) is 4.98. The van der Waals surface area contributed by atoms with Crippen LogP contribution in [0.25, 0.3) is 0 Å². The highest BCUT2D eigenvalue weighted by Gasteiger charge is 2.37. The van der Waals surface area contributed by atoms with E-state index in [-0.39, 0.29) is 11.8 Å². The zero-order valence-corrected chi connectivity index (χ0v) is 9.63. The second kappa shape index (κ2) is 4.07. The Bertz CT molecular complexity index is 433. The average Bonchev–Trinajstić information content (AvgIpc) is 2.54. The molecule has 3 nitrogen and oxygen atoms in total. The molecule has 0 aromatic heterocycles. The minimum Gasteiger partial charge on any atom is -0.481 e. The van der Waals surface area contributed by atoms with Gasteiger partial charge in [0.15, 0.2) is 0 Å². The Morgan fingerprint density at radius 3 is 2.75 bits per heavy atom. The Morgan fingerprint density at radius 2 is 2.12 bits per heavy atom. The van der Waals surface area contributed by atoms with Crippen LogP contribution < -0.4 is 5.73 Å². The molecular weight excluding hydrogens is 226 g/mol. The van der Waals surface area contributed by atoms with Gasteiger partial charge in [0.25, 0.3) is 0 Å². The summed E-state index contributed by atoms with van der Waals surface area (Å²) in [6.07, 6.45) is 1.57. The van der Waals surface area contributed by atoms with Gasteiger partial charge < -0.3 is 10.8 Å². The highest BCUT2D eigenvalue weighted by Crippen LogP contribution is 2.39. The van der Waals surface area contributed by atoms with Gasteiger partial charge in [-0.2, -0.15) is 0 Å². The van der Waals surface area contributed by atoms with Crippen molar-refractivity contribution in [2.24, 2.45) is 11.1 Å². The van der Waals surface area contributed by atoms with Gasteiger partial charge >= 0.3 is 5.97 Å². The Morgan fingerprint density at radius 1 is 1.44 bits per heavy atom. The Labute approximate surface area is 99.2 Å². The van der Waals surface area contributed by atoms with Gasteiger partial charge in [-0.25, -0.2) is 0 Å². The number of hydrogen-bond acceptors (Lipinski definition) is 2. The molecule has 1 aromatic rings. The van der Waals surface area contributed by atoms with Crippen LogP contribution in [0.2, 0.25) is 5.02 Å². The first-order valence-corrected chi connectivity index (χ1v) is 5.62. The molecule has 4 heteroatoms. The summed E-state index contributed by atoms with van der Waals surface area (Å²) in [5.74, 6) is -0.788. The Balaban J connectivity index is 2.28. The quantitative estimate of drug-likeness (QED) is 0.846. The summed E-state index contributed by atoms with van der Waals surface area (Å²) in [5, 5.41) is 9.62. The van der Waals surface area contributed by atoms with Gasteiger partial charge in [-0.3, -0.25) is 4.79 Å². The van der Waals surface area contributed by atoms with Gasteiger partial charge in [-0.05, 0) is 42.6 Å². The van der Waals surface area contributed by atoms with Crippen LogP contribution >= 0.6 is 11.6 Å². The third kappa shape index (κ3) is 2.06. The van der Waals surface area contributed by atoms with Crippen molar-refractivity contribution in [2.45, 2.75) is 19.3 Å². The van der Waals surface area contributed by atoms with Crippen LogP contribution in [0.15, 0.2) is 18.2 Å². The minimum atomic E-state index is -0.788. The number of carboxylic acids is 1. The summed E-state index contributed by atoms with van der Waals surface area (Å²) in [5.41, 5.74) is 7.73. The van der Waals surface area contributed by atoms with Gasteiger partial charge in [0.05, 0.1) is 6.42 Å². The van der Waals surface area contributed by atoms with E-state index in [1.165, 1.54) is 5.56 Å². The molecule has 0 saturated carbocycles. The monoisotopic (exact) mass is 239 g/mol. The van der Waals surface area contributed by atoms with Crippen LogP contribution in [-0.2, 0) is 17.6 Å². The molecule has 0 radical (unpaired) electrons. The summed E-state index contributed by atoms with van der Waals surface area (Å²) < 4.78 is 0. The number of benzene rings is 1. The fourth-order valence-corrected chi connectivity index (χ4v) is 2.66. The molecule has 0 bridgehead atoms. The number of carbonyl (C=O) groups is 1. The summed E-state index contributed by atoms with van der Waals surface area (Å²) in [6, 6.07) is 5.72. The lowest BCUT2D eigenvalue weighted by Gasteiger charge is -2.24. The normalized spacial score (nSPS) is 23.1. The fourth-order valence-electron chi connectivity index (χ4n) is 2.46. The van der Waals surface area contributed by atoms with E-state index in [2.05, 4.69) is 0 Å². The van der Waals surface area contributed by atoms with Crippen molar-refractivity contribution in [3.8, 4) is 0 Å². The number of halogens is 1. The number of carboxylic acid groups (broad SMARTS) is 1. The van der Waals surface area contributed by atoms with E-state index in [1.54, 1.807) is 0 Å². The van der Waals surface area contributed by atoms with Gasteiger partial charge in [0, 0.05) is 10.4 Å². The van der Waals surface area contributed by atoms with E-state index in [1.807, 2.05) is 18.2 Å². The molecule has 1 aromatic carbocycles. The molecule has 16 heavy (non-hydrogen) atoms. The van der Waals surface area contributed by atoms with Crippen LogP contribution in [0.5, 0.6) is 0 Å². The van der Waals surface area contributed by atoms with E-state index >= 15 is 0 Å². The van der Waals surface area contributed by atoms with Gasteiger partial charge in [0.2, 0.25) is 0 Å². The molecule has 0 saturated heterocycles. The van der Waals surface area contributed by atoms with Crippen molar-refractivity contribution in [1.29, 1.82) is 0 Å². The summed E-state index contributed by atoms with van der Waals surface area (Å²) in [7, 11) is 0. The van der Waals surface area contributed by atoms with Crippen molar-refractivity contribution in [3.63, 3.8) is 0 Å².